The second kappa shape index (κ2) is 5.00. The first-order valence-electron chi connectivity index (χ1n) is 3.70. The van der Waals surface area contributed by atoms with E-state index in [-0.39, 0.29) is 12.8 Å². The fourth-order valence-corrected chi connectivity index (χ4v) is 0.778. The van der Waals surface area contributed by atoms with Gasteiger partial charge in [-0.25, -0.2) is 0 Å². The number of hydrogen-bond donors (Lipinski definition) is 1. The lowest BCUT2D eigenvalue weighted by Gasteiger charge is -2.04. The molecule has 0 heterocycles. The van der Waals surface area contributed by atoms with Crippen LogP contribution in [0.2, 0.25) is 0 Å². The molecule has 0 aliphatic heterocycles. The highest BCUT2D eigenvalue weighted by Gasteiger charge is 2.25. The summed E-state index contributed by atoms with van der Waals surface area (Å²) in [7, 11) is 0. The fraction of sp³-hybridized carbons (Fsp3) is 0.857. The van der Waals surface area contributed by atoms with E-state index in [0.29, 0.717) is 12.8 Å². The molecule has 0 aromatic rings. The molecule has 0 aromatic heterocycles. The number of carboxylic acid groups (broad SMARTS) is 1. The molecule has 0 bridgehead atoms. The van der Waals surface area contributed by atoms with Gasteiger partial charge in [-0.05, 0) is 12.8 Å². The third-order valence-electron chi connectivity index (χ3n) is 1.35. The number of hydrogen-bond acceptors (Lipinski definition) is 1. The Morgan fingerprint density at radius 3 is 2.17 bits per heavy atom. The molecular formula is C7H11F3O2. The molecule has 12 heavy (non-hydrogen) atoms. The van der Waals surface area contributed by atoms with Gasteiger partial charge in [-0.3, -0.25) is 4.79 Å². The third-order valence-corrected chi connectivity index (χ3v) is 1.35. The maximum Gasteiger partial charge on any atom is 0.389 e. The molecule has 2 nitrogen and oxygen atoms in total. The van der Waals surface area contributed by atoms with Gasteiger partial charge in [0.25, 0.3) is 0 Å². The van der Waals surface area contributed by atoms with Crippen molar-refractivity contribution in [2.45, 2.75) is 38.3 Å². The largest absolute Gasteiger partial charge is 0.481 e. The highest BCUT2D eigenvalue weighted by Crippen LogP contribution is 2.22. The minimum absolute atomic E-state index is 0.0246. The molecule has 0 saturated carbocycles. The van der Waals surface area contributed by atoms with Gasteiger partial charge in [-0.15, -0.1) is 0 Å². The SMILES string of the molecule is O=C(O)CCCCCC(F)(F)F. The predicted molar refractivity (Wildman–Crippen MR) is 36.8 cm³/mol. The van der Waals surface area contributed by atoms with Crippen molar-refractivity contribution >= 4 is 5.97 Å². The van der Waals surface area contributed by atoms with Gasteiger partial charge in [0.1, 0.15) is 0 Å². The Kier molecular flexibility index (Phi) is 4.70. The molecule has 72 valence electrons. The molecular weight excluding hydrogens is 173 g/mol. The summed E-state index contributed by atoms with van der Waals surface area (Å²) in [5.74, 6) is -0.956. The summed E-state index contributed by atoms with van der Waals surface area (Å²) in [6.45, 7) is 0. The Labute approximate surface area is 68.4 Å². The second-order valence-electron chi connectivity index (χ2n) is 2.57. The van der Waals surface area contributed by atoms with Crippen molar-refractivity contribution in [3.05, 3.63) is 0 Å². The molecule has 0 atom stereocenters. The zero-order valence-corrected chi connectivity index (χ0v) is 6.52. The Hall–Kier alpha value is -0.740. The molecule has 0 unspecified atom stereocenters. The first-order chi connectivity index (χ1) is 5.42. The fourth-order valence-electron chi connectivity index (χ4n) is 0.778. The number of unbranched alkanes of at least 4 members (excludes halogenated alkanes) is 2. The van der Waals surface area contributed by atoms with E-state index < -0.39 is 18.6 Å². The summed E-state index contributed by atoms with van der Waals surface area (Å²) < 4.78 is 34.6. The van der Waals surface area contributed by atoms with Crippen molar-refractivity contribution in [3.8, 4) is 0 Å². The summed E-state index contributed by atoms with van der Waals surface area (Å²) in [4.78, 5) is 9.94. The standard InChI is InChI=1S/C7H11F3O2/c8-7(9,10)5-3-1-2-4-6(11)12/h1-5H2,(H,11,12). The van der Waals surface area contributed by atoms with E-state index in [9.17, 15) is 18.0 Å². The summed E-state index contributed by atoms with van der Waals surface area (Å²) in [5, 5.41) is 8.15. The van der Waals surface area contributed by atoms with Crippen LogP contribution < -0.4 is 0 Å². The van der Waals surface area contributed by atoms with E-state index in [1.807, 2.05) is 0 Å². The summed E-state index contributed by atoms with van der Waals surface area (Å²) >= 11 is 0. The summed E-state index contributed by atoms with van der Waals surface area (Å²) in [6, 6.07) is 0. The summed E-state index contributed by atoms with van der Waals surface area (Å²) in [5.41, 5.74) is 0. The van der Waals surface area contributed by atoms with Crippen LogP contribution in [-0.4, -0.2) is 17.3 Å². The highest BCUT2D eigenvalue weighted by molar-refractivity contribution is 5.66. The van der Waals surface area contributed by atoms with E-state index in [2.05, 4.69) is 0 Å². The highest BCUT2D eigenvalue weighted by atomic mass is 19.4. The van der Waals surface area contributed by atoms with Gasteiger partial charge in [0.2, 0.25) is 0 Å². The molecule has 0 radical (unpaired) electrons. The normalized spacial score (nSPS) is 11.6. The third kappa shape index (κ3) is 9.26. The Morgan fingerprint density at radius 2 is 1.75 bits per heavy atom. The first kappa shape index (κ1) is 11.3. The average Bonchev–Trinajstić information content (AvgIpc) is 1.83. The van der Waals surface area contributed by atoms with Crippen molar-refractivity contribution in [2.24, 2.45) is 0 Å². The molecule has 0 aromatic carbocycles. The van der Waals surface area contributed by atoms with Gasteiger partial charge in [0.15, 0.2) is 0 Å². The maximum absolute atomic E-state index is 11.5. The Balaban J connectivity index is 3.17. The van der Waals surface area contributed by atoms with Gasteiger partial charge in [0.05, 0.1) is 0 Å². The lowest BCUT2D eigenvalue weighted by molar-refractivity contribution is -0.137. The molecule has 0 aliphatic carbocycles. The molecule has 0 amide bonds. The van der Waals surface area contributed by atoms with Gasteiger partial charge in [0, 0.05) is 12.8 Å². The minimum atomic E-state index is -4.11. The minimum Gasteiger partial charge on any atom is -0.481 e. The number of alkyl halides is 3. The average molecular weight is 184 g/mol. The van der Waals surface area contributed by atoms with Crippen LogP contribution in [0.1, 0.15) is 32.1 Å². The van der Waals surface area contributed by atoms with Crippen molar-refractivity contribution < 1.29 is 23.1 Å². The van der Waals surface area contributed by atoms with Gasteiger partial charge in [-0.2, -0.15) is 13.2 Å². The van der Waals surface area contributed by atoms with Gasteiger partial charge in [-0.1, -0.05) is 6.42 Å². The quantitative estimate of drug-likeness (QED) is 0.666. The molecule has 0 rings (SSSR count). The van der Waals surface area contributed by atoms with Crippen LogP contribution in [0.25, 0.3) is 0 Å². The number of carboxylic acids is 1. The second-order valence-corrected chi connectivity index (χ2v) is 2.57. The number of carbonyl (C=O) groups is 1. The topological polar surface area (TPSA) is 37.3 Å². The van der Waals surface area contributed by atoms with E-state index >= 15 is 0 Å². The lowest BCUT2D eigenvalue weighted by atomic mass is 10.1. The Morgan fingerprint density at radius 1 is 1.17 bits per heavy atom. The smallest absolute Gasteiger partial charge is 0.389 e. The molecule has 0 saturated heterocycles. The van der Waals surface area contributed by atoms with Crippen molar-refractivity contribution in [1.29, 1.82) is 0 Å². The summed E-state index contributed by atoms with van der Waals surface area (Å²) in [6.07, 6.45) is -4.29. The van der Waals surface area contributed by atoms with Crippen LogP contribution in [0.15, 0.2) is 0 Å². The van der Waals surface area contributed by atoms with E-state index in [4.69, 9.17) is 5.11 Å². The van der Waals surface area contributed by atoms with Crippen LogP contribution in [0.4, 0.5) is 13.2 Å². The number of rotatable bonds is 5. The van der Waals surface area contributed by atoms with Crippen LogP contribution in [-0.2, 0) is 4.79 Å². The molecule has 1 N–H and O–H groups in total. The number of aliphatic carboxylic acids is 1. The molecule has 0 spiro atoms. The van der Waals surface area contributed by atoms with E-state index in [1.165, 1.54) is 0 Å². The maximum atomic E-state index is 11.5. The zero-order valence-electron chi connectivity index (χ0n) is 6.52. The predicted octanol–water partition coefficient (Wildman–Crippen LogP) is 2.58. The number of halogens is 3. The molecule has 5 heteroatoms. The Bertz CT molecular complexity index is 142. The van der Waals surface area contributed by atoms with Gasteiger partial charge < -0.3 is 5.11 Å². The van der Waals surface area contributed by atoms with E-state index in [1.54, 1.807) is 0 Å². The zero-order chi connectivity index (χ0) is 9.61. The molecule has 0 fully saturated rings. The van der Waals surface area contributed by atoms with E-state index in [0.717, 1.165) is 0 Å². The van der Waals surface area contributed by atoms with Crippen LogP contribution in [0.5, 0.6) is 0 Å². The van der Waals surface area contributed by atoms with Crippen molar-refractivity contribution in [3.63, 3.8) is 0 Å². The monoisotopic (exact) mass is 184 g/mol. The molecule has 0 aliphatic rings. The van der Waals surface area contributed by atoms with Crippen molar-refractivity contribution in [2.75, 3.05) is 0 Å². The first-order valence-corrected chi connectivity index (χ1v) is 3.70. The van der Waals surface area contributed by atoms with Crippen LogP contribution in [0.3, 0.4) is 0 Å². The van der Waals surface area contributed by atoms with Crippen LogP contribution in [0, 0.1) is 0 Å². The van der Waals surface area contributed by atoms with Crippen LogP contribution >= 0.6 is 0 Å². The van der Waals surface area contributed by atoms with Gasteiger partial charge >= 0.3 is 12.1 Å². The van der Waals surface area contributed by atoms with Crippen molar-refractivity contribution in [1.82, 2.24) is 0 Å². The lowest BCUT2D eigenvalue weighted by Crippen LogP contribution is -2.06.